The lowest BCUT2D eigenvalue weighted by Gasteiger charge is -2.25. The second-order valence-corrected chi connectivity index (χ2v) is 7.27. The minimum absolute atomic E-state index is 0.0860. The van der Waals surface area contributed by atoms with Crippen LogP contribution in [-0.2, 0) is 17.8 Å². The lowest BCUT2D eigenvalue weighted by Crippen LogP contribution is -2.36. The number of hydrogen-bond acceptors (Lipinski definition) is 8. The fourth-order valence-corrected chi connectivity index (χ4v) is 3.90. The van der Waals surface area contributed by atoms with Gasteiger partial charge in [-0.3, -0.25) is 29.8 Å². The summed E-state index contributed by atoms with van der Waals surface area (Å²) < 4.78 is 0. The Morgan fingerprint density at radius 2 is 2.04 bits per heavy atom. The topological polar surface area (TPSA) is 113 Å². The van der Waals surface area contributed by atoms with Crippen LogP contribution in [0.5, 0.6) is 0 Å². The fraction of sp³-hybridized carbons (Fsp3) is 0.222. The van der Waals surface area contributed by atoms with Crippen molar-refractivity contribution < 1.29 is 9.59 Å². The van der Waals surface area contributed by atoms with E-state index in [-0.39, 0.29) is 24.1 Å². The molecule has 0 unspecified atom stereocenters. The van der Waals surface area contributed by atoms with Gasteiger partial charge in [0, 0.05) is 43.0 Å². The molecule has 0 saturated carbocycles. The van der Waals surface area contributed by atoms with Crippen molar-refractivity contribution in [2.75, 3.05) is 23.7 Å². The molecule has 1 aliphatic rings. The Hall–Kier alpha value is -3.24. The van der Waals surface area contributed by atoms with E-state index in [1.54, 1.807) is 24.5 Å². The van der Waals surface area contributed by atoms with Crippen molar-refractivity contribution in [1.29, 1.82) is 0 Å². The second kappa shape index (κ2) is 8.19. The van der Waals surface area contributed by atoms with Crippen molar-refractivity contribution >= 4 is 34.0 Å². The molecule has 4 rings (SSSR count). The molecular weight excluding hydrogens is 378 g/mol. The molecular formula is C18H17N7O2S. The predicted octanol–water partition coefficient (Wildman–Crippen LogP) is 1.58. The fourth-order valence-electron chi connectivity index (χ4n) is 2.85. The first kappa shape index (κ1) is 18.1. The Balaban J connectivity index is 1.35. The van der Waals surface area contributed by atoms with Crippen LogP contribution in [0.25, 0.3) is 0 Å². The number of nitrogens with one attached hydrogen (secondary N) is 2. The first-order chi connectivity index (χ1) is 13.7. The van der Waals surface area contributed by atoms with E-state index in [0.29, 0.717) is 17.4 Å². The summed E-state index contributed by atoms with van der Waals surface area (Å²) in [5, 5.41) is 6.13. The number of carbonyl (C=O) groups excluding carboxylic acids is 2. The lowest BCUT2D eigenvalue weighted by molar-refractivity contribution is -0.117. The Bertz CT molecular complexity index is 978. The van der Waals surface area contributed by atoms with E-state index in [1.165, 1.54) is 29.9 Å². The van der Waals surface area contributed by atoms with Gasteiger partial charge in [0.1, 0.15) is 5.69 Å². The highest BCUT2D eigenvalue weighted by Gasteiger charge is 2.23. The summed E-state index contributed by atoms with van der Waals surface area (Å²) in [7, 11) is 0. The van der Waals surface area contributed by atoms with Crippen LogP contribution in [0, 0.1) is 0 Å². The third-order valence-corrected chi connectivity index (χ3v) is 5.14. The van der Waals surface area contributed by atoms with Gasteiger partial charge in [-0.2, -0.15) is 0 Å². The molecule has 0 spiro atoms. The highest BCUT2D eigenvalue weighted by molar-refractivity contribution is 7.15. The number of anilines is 2. The summed E-state index contributed by atoms with van der Waals surface area (Å²) in [6.07, 6.45) is 8.39. The zero-order valence-electron chi connectivity index (χ0n) is 14.8. The molecule has 3 aromatic heterocycles. The summed E-state index contributed by atoms with van der Waals surface area (Å²) in [6.45, 7) is 1.64. The van der Waals surface area contributed by atoms with Gasteiger partial charge in [-0.15, -0.1) is 11.3 Å². The van der Waals surface area contributed by atoms with E-state index in [2.05, 4.69) is 35.5 Å². The van der Waals surface area contributed by atoms with Gasteiger partial charge < -0.3 is 5.32 Å². The first-order valence-corrected chi connectivity index (χ1v) is 9.47. The Kier molecular flexibility index (Phi) is 5.31. The molecule has 2 amide bonds. The summed E-state index contributed by atoms with van der Waals surface area (Å²) in [4.78, 5) is 43.9. The van der Waals surface area contributed by atoms with Crippen molar-refractivity contribution in [3.8, 4) is 0 Å². The molecule has 4 heterocycles. The van der Waals surface area contributed by atoms with Crippen LogP contribution in [-0.4, -0.2) is 49.7 Å². The zero-order chi connectivity index (χ0) is 19.3. The van der Waals surface area contributed by atoms with Crippen LogP contribution >= 0.6 is 11.3 Å². The molecule has 2 N–H and O–H groups in total. The number of pyridine rings is 1. The molecule has 1 aliphatic heterocycles. The SMILES string of the molecule is O=C(CN1CCc2nc(NC(=O)c3cnccn3)sc2C1)Nc1cccnc1. The summed E-state index contributed by atoms with van der Waals surface area (Å²) in [5.74, 6) is -0.427. The van der Waals surface area contributed by atoms with Gasteiger partial charge in [-0.25, -0.2) is 9.97 Å². The molecule has 0 fully saturated rings. The van der Waals surface area contributed by atoms with Crippen LogP contribution in [0.3, 0.4) is 0 Å². The Morgan fingerprint density at radius 3 is 2.82 bits per heavy atom. The van der Waals surface area contributed by atoms with E-state index in [9.17, 15) is 9.59 Å². The van der Waals surface area contributed by atoms with E-state index in [1.807, 2.05) is 0 Å². The molecule has 3 aromatic rings. The average Bonchev–Trinajstić information content (AvgIpc) is 3.10. The van der Waals surface area contributed by atoms with Crippen molar-refractivity contribution in [2.24, 2.45) is 0 Å². The van der Waals surface area contributed by atoms with Gasteiger partial charge in [-0.1, -0.05) is 0 Å². The van der Waals surface area contributed by atoms with Gasteiger partial charge in [0.2, 0.25) is 5.91 Å². The highest BCUT2D eigenvalue weighted by atomic mass is 32.1. The van der Waals surface area contributed by atoms with E-state index < -0.39 is 0 Å². The average molecular weight is 395 g/mol. The minimum Gasteiger partial charge on any atom is -0.324 e. The first-order valence-electron chi connectivity index (χ1n) is 8.65. The largest absolute Gasteiger partial charge is 0.324 e. The standard InChI is InChI=1S/C18H17N7O2S/c26-16(22-12-2-1-4-19-8-12)11-25-7-3-13-15(10-25)28-18(23-13)24-17(27)14-9-20-5-6-21-14/h1-2,4-6,8-9H,3,7,10-11H2,(H,22,26)(H,23,24,27). The molecule has 10 heteroatoms. The van der Waals surface area contributed by atoms with Crippen LogP contribution in [0.2, 0.25) is 0 Å². The quantitative estimate of drug-likeness (QED) is 0.674. The molecule has 0 radical (unpaired) electrons. The van der Waals surface area contributed by atoms with E-state index >= 15 is 0 Å². The summed E-state index contributed by atoms with van der Waals surface area (Å²) in [5.41, 5.74) is 1.88. The van der Waals surface area contributed by atoms with Crippen LogP contribution in [0.1, 0.15) is 21.1 Å². The number of hydrogen-bond donors (Lipinski definition) is 2. The van der Waals surface area contributed by atoms with Gasteiger partial charge >= 0.3 is 0 Å². The Morgan fingerprint density at radius 1 is 1.14 bits per heavy atom. The summed E-state index contributed by atoms with van der Waals surface area (Å²) in [6, 6.07) is 3.57. The van der Waals surface area contributed by atoms with Gasteiger partial charge in [0.15, 0.2) is 5.13 Å². The number of carbonyl (C=O) groups is 2. The zero-order valence-corrected chi connectivity index (χ0v) is 15.6. The number of rotatable bonds is 5. The van der Waals surface area contributed by atoms with Crippen LogP contribution in [0.4, 0.5) is 10.8 Å². The van der Waals surface area contributed by atoms with Crippen molar-refractivity contribution in [2.45, 2.75) is 13.0 Å². The maximum absolute atomic E-state index is 12.2. The van der Waals surface area contributed by atoms with Crippen LogP contribution < -0.4 is 10.6 Å². The van der Waals surface area contributed by atoms with Gasteiger partial charge in [-0.05, 0) is 12.1 Å². The highest BCUT2D eigenvalue weighted by Crippen LogP contribution is 2.28. The predicted molar refractivity (Wildman–Crippen MR) is 104 cm³/mol. The number of fused-ring (bicyclic) bond motifs is 1. The Labute approximate surface area is 164 Å². The van der Waals surface area contributed by atoms with Crippen LogP contribution in [0.15, 0.2) is 43.1 Å². The number of aromatic nitrogens is 4. The van der Waals surface area contributed by atoms with Gasteiger partial charge in [0.25, 0.3) is 5.91 Å². The molecule has 0 aliphatic carbocycles. The molecule has 142 valence electrons. The smallest absolute Gasteiger partial charge is 0.277 e. The summed E-state index contributed by atoms with van der Waals surface area (Å²) >= 11 is 1.42. The second-order valence-electron chi connectivity index (χ2n) is 6.18. The molecule has 0 atom stereocenters. The van der Waals surface area contributed by atoms with Crippen molar-refractivity contribution in [3.05, 3.63) is 59.4 Å². The molecule has 9 nitrogen and oxygen atoms in total. The van der Waals surface area contributed by atoms with Gasteiger partial charge in [0.05, 0.1) is 30.3 Å². The molecule has 0 bridgehead atoms. The molecule has 28 heavy (non-hydrogen) atoms. The number of thiazole rings is 1. The molecule has 0 saturated heterocycles. The maximum Gasteiger partial charge on any atom is 0.277 e. The van der Waals surface area contributed by atoms with Crippen molar-refractivity contribution in [1.82, 2.24) is 24.8 Å². The van der Waals surface area contributed by atoms with E-state index in [0.717, 1.165) is 23.5 Å². The number of nitrogens with zero attached hydrogens (tertiary/aromatic N) is 5. The number of amides is 2. The third-order valence-electron chi connectivity index (χ3n) is 4.14. The monoisotopic (exact) mass is 395 g/mol. The third kappa shape index (κ3) is 4.35. The maximum atomic E-state index is 12.2. The molecule has 0 aromatic carbocycles. The lowest BCUT2D eigenvalue weighted by atomic mass is 10.2. The normalized spacial score (nSPS) is 13.6. The van der Waals surface area contributed by atoms with Crippen molar-refractivity contribution in [3.63, 3.8) is 0 Å². The minimum atomic E-state index is -0.341. The van der Waals surface area contributed by atoms with E-state index in [4.69, 9.17) is 0 Å².